The van der Waals surface area contributed by atoms with Gasteiger partial charge in [0.05, 0.1) is 0 Å². The zero-order valence-corrected chi connectivity index (χ0v) is 13.2. The van der Waals surface area contributed by atoms with Crippen LogP contribution in [-0.2, 0) is 0 Å². The van der Waals surface area contributed by atoms with Crippen molar-refractivity contribution in [1.82, 2.24) is 30.1 Å². The zero-order chi connectivity index (χ0) is 16.5. The third-order valence-corrected chi connectivity index (χ3v) is 3.84. The van der Waals surface area contributed by atoms with Crippen LogP contribution in [0.15, 0.2) is 23.0 Å². The van der Waals surface area contributed by atoms with E-state index in [0.29, 0.717) is 30.5 Å². The predicted molar refractivity (Wildman–Crippen MR) is 84.8 cm³/mol. The van der Waals surface area contributed by atoms with Crippen LogP contribution in [0.1, 0.15) is 40.7 Å². The Balaban J connectivity index is 1.31. The lowest BCUT2D eigenvalue weighted by atomic mass is 10.3. The largest absolute Gasteiger partial charge is 0.368 e. The number of nitrogens with zero attached hydrogens (tertiary/aromatic N) is 5. The highest BCUT2D eigenvalue weighted by atomic mass is 16.5. The van der Waals surface area contributed by atoms with Crippen LogP contribution in [0.2, 0.25) is 0 Å². The first-order valence-corrected chi connectivity index (χ1v) is 7.87. The number of hydrogen-bond acceptors (Lipinski definition) is 7. The quantitative estimate of drug-likeness (QED) is 0.653. The van der Waals surface area contributed by atoms with Gasteiger partial charge in [0.2, 0.25) is 0 Å². The van der Waals surface area contributed by atoms with Crippen molar-refractivity contribution >= 4 is 17.5 Å². The van der Waals surface area contributed by atoms with E-state index in [9.17, 15) is 4.79 Å². The Kier molecular flexibility index (Phi) is 3.60. The minimum Gasteiger partial charge on any atom is -0.368 e. The standard InChI is InChI=1S/C15H17N7O2/c1-9-6-13(22-15(20-9)18-8-19-22)16-4-5-17-14(23)11-7-12(24-21-11)10-2-3-10/h6-8,10,16H,2-5H2,1H3,(H,17,23). The van der Waals surface area contributed by atoms with Crippen LogP contribution < -0.4 is 10.6 Å². The SMILES string of the molecule is Cc1cc(NCCNC(=O)c2cc(C3CC3)on2)n2ncnc2n1. The first-order valence-electron chi connectivity index (χ1n) is 7.87. The molecule has 1 saturated carbocycles. The second kappa shape index (κ2) is 5.91. The monoisotopic (exact) mass is 327 g/mol. The summed E-state index contributed by atoms with van der Waals surface area (Å²) in [6.45, 7) is 2.88. The first kappa shape index (κ1) is 14.6. The van der Waals surface area contributed by atoms with Crippen LogP contribution in [-0.4, -0.2) is 43.7 Å². The van der Waals surface area contributed by atoms with E-state index in [1.807, 2.05) is 13.0 Å². The Morgan fingerprint density at radius 3 is 3.08 bits per heavy atom. The summed E-state index contributed by atoms with van der Waals surface area (Å²) in [6.07, 6.45) is 3.68. The number of aryl methyl sites for hydroxylation is 1. The normalized spacial score (nSPS) is 14.0. The summed E-state index contributed by atoms with van der Waals surface area (Å²) in [5.74, 6) is 2.34. The van der Waals surface area contributed by atoms with Crippen LogP contribution in [0.25, 0.3) is 5.78 Å². The van der Waals surface area contributed by atoms with Crippen molar-refractivity contribution in [2.75, 3.05) is 18.4 Å². The highest BCUT2D eigenvalue weighted by molar-refractivity contribution is 5.92. The topological polar surface area (TPSA) is 110 Å². The maximum absolute atomic E-state index is 12.0. The lowest BCUT2D eigenvalue weighted by Crippen LogP contribution is -2.29. The number of carbonyl (C=O) groups is 1. The molecule has 3 heterocycles. The molecule has 1 fully saturated rings. The van der Waals surface area contributed by atoms with Gasteiger partial charge in [-0.1, -0.05) is 5.16 Å². The fourth-order valence-corrected chi connectivity index (χ4v) is 2.47. The first-order chi connectivity index (χ1) is 11.7. The van der Waals surface area contributed by atoms with Crippen molar-refractivity contribution in [2.24, 2.45) is 0 Å². The number of rotatable bonds is 6. The number of anilines is 1. The fraction of sp³-hybridized carbons (Fsp3) is 0.400. The summed E-state index contributed by atoms with van der Waals surface area (Å²) in [5, 5.41) is 14.0. The molecule has 1 amide bonds. The lowest BCUT2D eigenvalue weighted by molar-refractivity contribution is 0.0946. The van der Waals surface area contributed by atoms with E-state index in [1.54, 1.807) is 10.6 Å². The molecular formula is C15H17N7O2. The summed E-state index contributed by atoms with van der Waals surface area (Å²) >= 11 is 0. The van der Waals surface area contributed by atoms with Gasteiger partial charge in [0.1, 0.15) is 17.9 Å². The molecule has 0 saturated heterocycles. The Morgan fingerprint density at radius 2 is 2.25 bits per heavy atom. The van der Waals surface area contributed by atoms with E-state index in [-0.39, 0.29) is 5.91 Å². The number of hydrogen-bond donors (Lipinski definition) is 2. The van der Waals surface area contributed by atoms with Crippen molar-refractivity contribution < 1.29 is 9.32 Å². The maximum Gasteiger partial charge on any atom is 0.273 e. The summed E-state index contributed by atoms with van der Waals surface area (Å²) in [5.41, 5.74) is 1.17. The van der Waals surface area contributed by atoms with Gasteiger partial charge in [-0.3, -0.25) is 4.79 Å². The van der Waals surface area contributed by atoms with E-state index in [0.717, 1.165) is 30.1 Å². The Labute approximate surface area is 137 Å². The van der Waals surface area contributed by atoms with Gasteiger partial charge >= 0.3 is 0 Å². The molecule has 0 atom stereocenters. The molecule has 9 nitrogen and oxygen atoms in total. The average molecular weight is 327 g/mol. The van der Waals surface area contributed by atoms with E-state index < -0.39 is 0 Å². The molecule has 0 bridgehead atoms. The van der Waals surface area contributed by atoms with Gasteiger partial charge in [0, 0.05) is 36.8 Å². The number of amides is 1. The molecule has 0 unspecified atom stereocenters. The summed E-state index contributed by atoms with van der Waals surface area (Å²) < 4.78 is 6.81. The lowest BCUT2D eigenvalue weighted by Gasteiger charge is -2.09. The van der Waals surface area contributed by atoms with E-state index in [4.69, 9.17) is 4.52 Å². The molecule has 124 valence electrons. The highest BCUT2D eigenvalue weighted by Crippen LogP contribution is 2.40. The molecule has 4 rings (SSSR count). The average Bonchev–Trinajstić information content (AvgIpc) is 3.10. The molecule has 0 aromatic carbocycles. The minimum atomic E-state index is -0.232. The van der Waals surface area contributed by atoms with Crippen molar-refractivity contribution in [3.05, 3.63) is 35.6 Å². The molecule has 9 heteroatoms. The number of nitrogens with one attached hydrogen (secondary N) is 2. The van der Waals surface area contributed by atoms with Crippen LogP contribution in [0.5, 0.6) is 0 Å². The molecule has 1 aliphatic rings. The Bertz CT molecular complexity index is 881. The van der Waals surface area contributed by atoms with Gasteiger partial charge in [-0.15, -0.1) is 0 Å². The van der Waals surface area contributed by atoms with Crippen LogP contribution >= 0.6 is 0 Å². The van der Waals surface area contributed by atoms with Crippen LogP contribution in [0.3, 0.4) is 0 Å². The molecule has 0 aliphatic heterocycles. The summed E-state index contributed by atoms with van der Waals surface area (Å²) in [6, 6.07) is 3.61. The van der Waals surface area contributed by atoms with Crippen LogP contribution in [0, 0.1) is 6.92 Å². The van der Waals surface area contributed by atoms with Crippen molar-refractivity contribution in [3.63, 3.8) is 0 Å². The van der Waals surface area contributed by atoms with Gasteiger partial charge in [-0.05, 0) is 19.8 Å². The van der Waals surface area contributed by atoms with Crippen molar-refractivity contribution in [2.45, 2.75) is 25.7 Å². The number of aromatic nitrogens is 5. The summed E-state index contributed by atoms with van der Waals surface area (Å²) in [4.78, 5) is 20.4. The van der Waals surface area contributed by atoms with E-state index >= 15 is 0 Å². The molecule has 0 spiro atoms. The predicted octanol–water partition coefficient (Wildman–Crippen LogP) is 1.14. The number of carbonyl (C=O) groups excluding carboxylic acids is 1. The van der Waals surface area contributed by atoms with Gasteiger partial charge in [-0.25, -0.2) is 4.98 Å². The Morgan fingerprint density at radius 1 is 1.38 bits per heavy atom. The molecule has 0 radical (unpaired) electrons. The molecule has 2 N–H and O–H groups in total. The van der Waals surface area contributed by atoms with Crippen molar-refractivity contribution in [1.29, 1.82) is 0 Å². The minimum absolute atomic E-state index is 0.232. The molecule has 3 aromatic heterocycles. The molecule has 24 heavy (non-hydrogen) atoms. The van der Waals surface area contributed by atoms with Gasteiger partial charge in [-0.2, -0.15) is 14.6 Å². The molecule has 3 aromatic rings. The van der Waals surface area contributed by atoms with E-state index in [1.165, 1.54) is 6.33 Å². The third-order valence-electron chi connectivity index (χ3n) is 3.84. The Hall–Kier alpha value is -2.97. The fourth-order valence-electron chi connectivity index (χ4n) is 2.47. The zero-order valence-electron chi connectivity index (χ0n) is 13.2. The van der Waals surface area contributed by atoms with Crippen LogP contribution in [0.4, 0.5) is 5.82 Å². The molecular weight excluding hydrogens is 310 g/mol. The third kappa shape index (κ3) is 2.92. The van der Waals surface area contributed by atoms with Gasteiger partial charge in [0.25, 0.3) is 11.7 Å². The summed E-state index contributed by atoms with van der Waals surface area (Å²) in [7, 11) is 0. The van der Waals surface area contributed by atoms with Gasteiger partial charge in [0.15, 0.2) is 5.69 Å². The van der Waals surface area contributed by atoms with E-state index in [2.05, 4.69) is 30.9 Å². The second-order valence-electron chi connectivity index (χ2n) is 5.83. The smallest absolute Gasteiger partial charge is 0.273 e. The number of fused-ring (bicyclic) bond motifs is 1. The second-order valence-corrected chi connectivity index (χ2v) is 5.83. The highest BCUT2D eigenvalue weighted by Gasteiger charge is 2.28. The van der Waals surface area contributed by atoms with Crippen molar-refractivity contribution in [3.8, 4) is 0 Å². The van der Waals surface area contributed by atoms with Gasteiger partial charge < -0.3 is 15.2 Å². The molecule has 1 aliphatic carbocycles. The maximum atomic E-state index is 12.0.